The molecule has 14 heavy (non-hydrogen) atoms. The molecule has 0 aromatic carbocycles. The Morgan fingerprint density at radius 2 is 2.14 bits per heavy atom. The van der Waals surface area contributed by atoms with Crippen molar-refractivity contribution < 1.29 is 19.1 Å². The topological polar surface area (TPSA) is 75.7 Å². The van der Waals surface area contributed by atoms with Crippen LogP contribution in [0.3, 0.4) is 0 Å². The summed E-state index contributed by atoms with van der Waals surface area (Å²) in [5, 5.41) is 2.13. The molecule has 0 aromatic rings. The number of hydrogen-bond donors (Lipinski definition) is 1. The molecule has 0 aromatic heterocycles. The number of nitrogens with zero attached hydrogens (tertiary/aromatic N) is 1. The third kappa shape index (κ3) is 1.43. The Morgan fingerprint density at radius 3 is 2.50 bits per heavy atom. The Balaban J connectivity index is 2.87. The Kier molecular flexibility index (Phi) is 2.46. The molecule has 1 N–H and O–H groups in total. The first-order chi connectivity index (χ1) is 6.41. The second-order valence-corrected chi connectivity index (χ2v) is 3.35. The summed E-state index contributed by atoms with van der Waals surface area (Å²) in [6, 6.07) is -0.499. The Bertz CT molecular complexity index is 302. The first-order valence-corrected chi connectivity index (χ1v) is 4.08. The highest BCUT2D eigenvalue weighted by molar-refractivity contribution is 6.08. The fraction of sp³-hybridized carbons (Fsp3) is 0.625. The van der Waals surface area contributed by atoms with Gasteiger partial charge in [-0.3, -0.25) is 14.9 Å². The van der Waals surface area contributed by atoms with E-state index in [9.17, 15) is 14.4 Å². The van der Waals surface area contributed by atoms with Crippen molar-refractivity contribution in [2.24, 2.45) is 0 Å². The van der Waals surface area contributed by atoms with Gasteiger partial charge in [0.25, 0.3) is 5.91 Å². The van der Waals surface area contributed by atoms with Crippen molar-refractivity contribution in [1.29, 1.82) is 0 Å². The van der Waals surface area contributed by atoms with E-state index < -0.39 is 23.4 Å². The molecule has 1 aliphatic rings. The SMILES string of the molecule is COC(=O)CC1(C)C(=O)NC(=O)N1C. The number of urea groups is 1. The molecule has 0 bridgehead atoms. The lowest BCUT2D eigenvalue weighted by Gasteiger charge is -2.26. The van der Waals surface area contributed by atoms with E-state index in [1.165, 1.54) is 26.0 Å². The van der Waals surface area contributed by atoms with Gasteiger partial charge in [-0.1, -0.05) is 0 Å². The minimum absolute atomic E-state index is 0.141. The first kappa shape index (κ1) is 10.5. The van der Waals surface area contributed by atoms with Gasteiger partial charge in [-0.05, 0) is 6.92 Å². The molecular weight excluding hydrogens is 188 g/mol. The highest BCUT2D eigenvalue weighted by Crippen LogP contribution is 2.23. The minimum Gasteiger partial charge on any atom is -0.469 e. The molecule has 1 atom stereocenters. The van der Waals surface area contributed by atoms with Crippen LogP contribution in [0.5, 0.6) is 0 Å². The molecule has 78 valence electrons. The van der Waals surface area contributed by atoms with Gasteiger partial charge in [-0.2, -0.15) is 0 Å². The van der Waals surface area contributed by atoms with Crippen molar-refractivity contribution in [3.8, 4) is 0 Å². The van der Waals surface area contributed by atoms with Crippen LogP contribution in [0.1, 0.15) is 13.3 Å². The van der Waals surface area contributed by atoms with Crippen molar-refractivity contribution in [2.45, 2.75) is 18.9 Å². The average molecular weight is 200 g/mol. The van der Waals surface area contributed by atoms with Crippen LogP contribution in [0.15, 0.2) is 0 Å². The number of imide groups is 1. The summed E-state index contributed by atoms with van der Waals surface area (Å²) in [4.78, 5) is 34.7. The van der Waals surface area contributed by atoms with Crippen molar-refractivity contribution in [3.63, 3.8) is 0 Å². The van der Waals surface area contributed by atoms with Crippen LogP contribution in [0, 0.1) is 0 Å². The maximum absolute atomic E-state index is 11.4. The lowest BCUT2D eigenvalue weighted by molar-refractivity contribution is -0.145. The van der Waals surface area contributed by atoms with E-state index in [0.717, 1.165) is 0 Å². The minimum atomic E-state index is -1.13. The largest absolute Gasteiger partial charge is 0.469 e. The van der Waals surface area contributed by atoms with Crippen LogP contribution < -0.4 is 5.32 Å². The summed E-state index contributed by atoms with van der Waals surface area (Å²) in [7, 11) is 2.70. The molecule has 1 aliphatic heterocycles. The summed E-state index contributed by atoms with van der Waals surface area (Å²) in [6.07, 6.45) is -0.141. The Labute approximate surface area is 81.2 Å². The van der Waals surface area contributed by atoms with Crippen LogP contribution in [0.4, 0.5) is 4.79 Å². The second-order valence-electron chi connectivity index (χ2n) is 3.35. The standard InChI is InChI=1S/C8H12N2O4/c1-8(4-5(11)14-3)6(12)9-7(13)10(8)2/h4H2,1-3H3,(H,9,12,13). The molecule has 3 amide bonds. The average Bonchev–Trinajstić information content (AvgIpc) is 2.31. The third-order valence-electron chi connectivity index (χ3n) is 2.47. The lowest BCUT2D eigenvalue weighted by Crippen LogP contribution is -2.46. The van der Waals surface area contributed by atoms with Crippen LogP contribution >= 0.6 is 0 Å². The summed E-state index contributed by atoms with van der Waals surface area (Å²) in [5.74, 6) is -1.00. The molecule has 1 heterocycles. The van der Waals surface area contributed by atoms with E-state index in [4.69, 9.17) is 0 Å². The van der Waals surface area contributed by atoms with Gasteiger partial charge in [-0.25, -0.2) is 4.79 Å². The van der Waals surface area contributed by atoms with Crippen molar-refractivity contribution in [1.82, 2.24) is 10.2 Å². The smallest absolute Gasteiger partial charge is 0.324 e. The second kappa shape index (κ2) is 3.28. The van der Waals surface area contributed by atoms with Gasteiger partial charge < -0.3 is 9.64 Å². The molecule has 1 fully saturated rings. The van der Waals surface area contributed by atoms with Crippen LogP contribution in [0.2, 0.25) is 0 Å². The van der Waals surface area contributed by atoms with Gasteiger partial charge in [0.05, 0.1) is 13.5 Å². The normalized spacial score (nSPS) is 26.4. The quantitative estimate of drug-likeness (QED) is 0.481. The zero-order valence-corrected chi connectivity index (χ0v) is 8.29. The van der Waals surface area contributed by atoms with E-state index in [1.807, 2.05) is 0 Å². The van der Waals surface area contributed by atoms with Gasteiger partial charge >= 0.3 is 12.0 Å². The predicted molar refractivity (Wildman–Crippen MR) is 46.3 cm³/mol. The Morgan fingerprint density at radius 1 is 1.57 bits per heavy atom. The van der Waals surface area contributed by atoms with Gasteiger partial charge in [0.1, 0.15) is 5.54 Å². The fourth-order valence-corrected chi connectivity index (χ4v) is 1.24. The number of methoxy groups -OCH3 is 1. The fourth-order valence-electron chi connectivity index (χ4n) is 1.24. The molecule has 0 aliphatic carbocycles. The number of rotatable bonds is 2. The lowest BCUT2D eigenvalue weighted by atomic mass is 9.97. The number of likely N-dealkylation sites (N-methyl/N-ethyl adjacent to an activating group) is 1. The number of nitrogens with one attached hydrogen (secondary N) is 1. The van der Waals surface area contributed by atoms with Gasteiger partial charge in [0.2, 0.25) is 0 Å². The van der Waals surface area contributed by atoms with Crippen molar-refractivity contribution in [3.05, 3.63) is 0 Å². The molecule has 0 radical (unpaired) electrons. The molecule has 1 rings (SSSR count). The first-order valence-electron chi connectivity index (χ1n) is 4.08. The van der Waals surface area contributed by atoms with E-state index >= 15 is 0 Å². The van der Waals surface area contributed by atoms with Gasteiger partial charge in [0, 0.05) is 7.05 Å². The molecule has 6 nitrogen and oxygen atoms in total. The van der Waals surface area contributed by atoms with Crippen molar-refractivity contribution >= 4 is 17.9 Å². The summed E-state index contributed by atoms with van der Waals surface area (Å²) >= 11 is 0. The number of esters is 1. The number of hydrogen-bond acceptors (Lipinski definition) is 4. The van der Waals surface area contributed by atoms with E-state index in [2.05, 4.69) is 10.1 Å². The summed E-state index contributed by atoms with van der Waals surface area (Å²) in [6.45, 7) is 1.52. The predicted octanol–water partition coefficient (Wildman–Crippen LogP) is -0.510. The number of amides is 3. The maximum Gasteiger partial charge on any atom is 0.324 e. The van der Waals surface area contributed by atoms with Crippen LogP contribution in [-0.2, 0) is 14.3 Å². The highest BCUT2D eigenvalue weighted by atomic mass is 16.5. The maximum atomic E-state index is 11.4. The van der Waals surface area contributed by atoms with Gasteiger partial charge in [0.15, 0.2) is 0 Å². The monoisotopic (exact) mass is 200 g/mol. The van der Waals surface area contributed by atoms with Crippen LogP contribution in [0.25, 0.3) is 0 Å². The highest BCUT2D eigenvalue weighted by Gasteiger charge is 2.48. The zero-order chi connectivity index (χ0) is 10.9. The molecule has 1 saturated heterocycles. The molecule has 6 heteroatoms. The molecule has 0 spiro atoms. The van der Waals surface area contributed by atoms with Crippen molar-refractivity contribution in [2.75, 3.05) is 14.2 Å². The number of ether oxygens (including phenoxy) is 1. The van der Waals surface area contributed by atoms with E-state index in [-0.39, 0.29) is 6.42 Å². The number of carbonyl (C=O) groups excluding carboxylic acids is 3. The zero-order valence-electron chi connectivity index (χ0n) is 8.29. The van der Waals surface area contributed by atoms with E-state index in [0.29, 0.717) is 0 Å². The third-order valence-corrected chi connectivity index (χ3v) is 2.47. The summed E-state index contributed by atoms with van der Waals surface area (Å²) < 4.78 is 4.45. The van der Waals surface area contributed by atoms with Crippen LogP contribution in [-0.4, -0.2) is 42.5 Å². The molecule has 0 saturated carbocycles. The summed E-state index contributed by atoms with van der Waals surface area (Å²) in [5.41, 5.74) is -1.13. The Hall–Kier alpha value is -1.59. The molecular formula is C8H12N2O4. The van der Waals surface area contributed by atoms with E-state index in [1.54, 1.807) is 0 Å². The van der Waals surface area contributed by atoms with Gasteiger partial charge in [-0.15, -0.1) is 0 Å². The number of carbonyl (C=O) groups is 3. The molecule has 1 unspecified atom stereocenters.